The normalized spacial score (nSPS) is 42.9. The SMILES string of the molecule is CCC(CO)NC(=O)C1C2CC3CC(C2)CC1C3. The van der Waals surface area contributed by atoms with Crippen LogP contribution in [-0.2, 0) is 4.79 Å². The number of amides is 1. The van der Waals surface area contributed by atoms with Gasteiger partial charge in [-0.05, 0) is 62.2 Å². The van der Waals surface area contributed by atoms with Crippen LogP contribution in [0, 0.1) is 29.6 Å². The molecule has 102 valence electrons. The van der Waals surface area contributed by atoms with Gasteiger partial charge in [-0.3, -0.25) is 4.79 Å². The molecule has 0 heterocycles. The predicted molar refractivity (Wildman–Crippen MR) is 69.8 cm³/mol. The molecule has 0 radical (unpaired) electrons. The van der Waals surface area contributed by atoms with Gasteiger partial charge in [-0.1, -0.05) is 6.92 Å². The smallest absolute Gasteiger partial charge is 0.223 e. The van der Waals surface area contributed by atoms with Gasteiger partial charge in [0, 0.05) is 5.92 Å². The van der Waals surface area contributed by atoms with Gasteiger partial charge in [-0.15, -0.1) is 0 Å². The molecule has 0 aromatic heterocycles. The summed E-state index contributed by atoms with van der Waals surface area (Å²) in [4.78, 5) is 12.4. The van der Waals surface area contributed by atoms with Gasteiger partial charge < -0.3 is 10.4 Å². The summed E-state index contributed by atoms with van der Waals surface area (Å²) < 4.78 is 0. The van der Waals surface area contributed by atoms with Gasteiger partial charge in [-0.2, -0.15) is 0 Å². The van der Waals surface area contributed by atoms with E-state index in [0.29, 0.717) is 11.8 Å². The van der Waals surface area contributed by atoms with Crippen molar-refractivity contribution in [1.82, 2.24) is 5.32 Å². The highest BCUT2D eigenvalue weighted by atomic mass is 16.3. The van der Waals surface area contributed by atoms with E-state index in [4.69, 9.17) is 0 Å². The van der Waals surface area contributed by atoms with Crippen molar-refractivity contribution in [2.75, 3.05) is 6.61 Å². The Balaban J connectivity index is 1.67. The summed E-state index contributed by atoms with van der Waals surface area (Å²) in [6, 6.07) is -0.0466. The summed E-state index contributed by atoms with van der Waals surface area (Å²) in [5.74, 6) is 3.57. The number of aliphatic hydroxyl groups excluding tert-OH is 1. The molecule has 0 aliphatic heterocycles. The number of rotatable bonds is 4. The third-order valence-corrected chi connectivity index (χ3v) is 5.59. The van der Waals surface area contributed by atoms with E-state index in [-0.39, 0.29) is 24.5 Å². The largest absolute Gasteiger partial charge is 0.394 e. The molecule has 4 bridgehead atoms. The molecule has 0 aromatic rings. The van der Waals surface area contributed by atoms with E-state index in [9.17, 15) is 9.90 Å². The van der Waals surface area contributed by atoms with Crippen LogP contribution in [0.2, 0.25) is 0 Å². The standard InChI is InChI=1S/C15H25NO2/c1-2-13(8-17)16-15(18)14-11-4-9-3-10(6-11)7-12(14)5-9/h9-14,17H,2-8H2,1H3,(H,16,18). The van der Waals surface area contributed by atoms with Crippen LogP contribution in [0.5, 0.6) is 0 Å². The van der Waals surface area contributed by atoms with E-state index in [1.54, 1.807) is 0 Å². The van der Waals surface area contributed by atoms with Crippen LogP contribution in [0.25, 0.3) is 0 Å². The number of hydrogen-bond acceptors (Lipinski definition) is 2. The van der Waals surface area contributed by atoms with Crippen molar-refractivity contribution in [3.8, 4) is 0 Å². The topological polar surface area (TPSA) is 49.3 Å². The molecule has 3 nitrogen and oxygen atoms in total. The number of carbonyl (C=O) groups excluding carboxylic acids is 1. The second-order valence-electron chi connectivity index (χ2n) is 6.75. The summed E-state index contributed by atoms with van der Waals surface area (Å²) in [5, 5.41) is 12.3. The van der Waals surface area contributed by atoms with E-state index in [0.717, 1.165) is 18.3 Å². The predicted octanol–water partition coefficient (Wildman–Crippen LogP) is 1.95. The molecular formula is C15H25NO2. The zero-order valence-corrected chi connectivity index (χ0v) is 11.3. The van der Waals surface area contributed by atoms with Crippen LogP contribution in [0.3, 0.4) is 0 Å². The van der Waals surface area contributed by atoms with Crippen LogP contribution in [0.1, 0.15) is 45.4 Å². The lowest BCUT2D eigenvalue weighted by atomic mass is 9.51. The molecule has 4 saturated carbocycles. The zero-order chi connectivity index (χ0) is 12.7. The van der Waals surface area contributed by atoms with E-state index in [2.05, 4.69) is 5.32 Å². The van der Waals surface area contributed by atoms with E-state index >= 15 is 0 Å². The number of carbonyl (C=O) groups is 1. The Labute approximate surface area is 109 Å². The Morgan fingerprint density at radius 1 is 1.17 bits per heavy atom. The van der Waals surface area contributed by atoms with Gasteiger partial charge in [0.25, 0.3) is 0 Å². The van der Waals surface area contributed by atoms with Crippen LogP contribution in [-0.4, -0.2) is 23.7 Å². The second-order valence-corrected chi connectivity index (χ2v) is 6.75. The van der Waals surface area contributed by atoms with Crippen molar-refractivity contribution < 1.29 is 9.90 Å². The van der Waals surface area contributed by atoms with Gasteiger partial charge >= 0.3 is 0 Å². The third kappa shape index (κ3) is 2.07. The monoisotopic (exact) mass is 251 g/mol. The molecule has 4 rings (SSSR count). The molecule has 4 aliphatic carbocycles. The van der Waals surface area contributed by atoms with Gasteiger partial charge in [0.05, 0.1) is 12.6 Å². The van der Waals surface area contributed by atoms with Crippen molar-refractivity contribution >= 4 is 5.91 Å². The maximum absolute atomic E-state index is 12.4. The summed E-state index contributed by atoms with van der Waals surface area (Å²) >= 11 is 0. The van der Waals surface area contributed by atoms with Crippen molar-refractivity contribution in [2.24, 2.45) is 29.6 Å². The first-order valence-corrected chi connectivity index (χ1v) is 7.62. The van der Waals surface area contributed by atoms with Crippen molar-refractivity contribution in [3.05, 3.63) is 0 Å². The highest BCUT2D eigenvalue weighted by Gasteiger charge is 2.50. The molecule has 1 atom stereocenters. The van der Waals surface area contributed by atoms with Crippen LogP contribution >= 0.6 is 0 Å². The average Bonchev–Trinajstić information content (AvgIpc) is 2.34. The van der Waals surface area contributed by atoms with Crippen molar-refractivity contribution in [3.63, 3.8) is 0 Å². The zero-order valence-electron chi connectivity index (χ0n) is 11.3. The minimum absolute atomic E-state index is 0.0466. The lowest BCUT2D eigenvalue weighted by molar-refractivity contribution is -0.139. The molecule has 0 spiro atoms. The van der Waals surface area contributed by atoms with Gasteiger partial charge in [0.1, 0.15) is 0 Å². The molecule has 0 aromatic carbocycles. The number of hydrogen-bond donors (Lipinski definition) is 2. The third-order valence-electron chi connectivity index (χ3n) is 5.59. The first-order chi connectivity index (χ1) is 8.71. The Hall–Kier alpha value is -0.570. The van der Waals surface area contributed by atoms with Gasteiger partial charge in [0.2, 0.25) is 5.91 Å². The second kappa shape index (κ2) is 4.84. The van der Waals surface area contributed by atoms with Crippen molar-refractivity contribution in [1.29, 1.82) is 0 Å². The quantitative estimate of drug-likeness (QED) is 0.802. The van der Waals surface area contributed by atoms with Crippen LogP contribution in [0.4, 0.5) is 0 Å². The molecule has 3 heteroatoms. The van der Waals surface area contributed by atoms with Crippen LogP contribution in [0.15, 0.2) is 0 Å². The van der Waals surface area contributed by atoms with E-state index in [1.807, 2.05) is 6.92 Å². The molecule has 4 fully saturated rings. The van der Waals surface area contributed by atoms with Crippen LogP contribution < -0.4 is 5.32 Å². The van der Waals surface area contributed by atoms with E-state index in [1.165, 1.54) is 32.1 Å². The Bertz CT molecular complexity index is 296. The molecule has 2 N–H and O–H groups in total. The lowest BCUT2D eigenvalue weighted by Crippen LogP contribution is -2.52. The summed E-state index contributed by atoms with van der Waals surface area (Å²) in [7, 11) is 0. The summed E-state index contributed by atoms with van der Waals surface area (Å²) in [6.07, 6.45) is 7.36. The molecule has 1 amide bonds. The Morgan fingerprint density at radius 2 is 1.72 bits per heavy atom. The first kappa shape index (κ1) is 12.5. The fraction of sp³-hybridized carbons (Fsp3) is 0.933. The Kier molecular flexibility index (Phi) is 3.35. The molecule has 18 heavy (non-hydrogen) atoms. The minimum atomic E-state index is -0.0466. The van der Waals surface area contributed by atoms with Crippen molar-refractivity contribution in [2.45, 2.75) is 51.5 Å². The Morgan fingerprint density at radius 3 is 2.17 bits per heavy atom. The maximum Gasteiger partial charge on any atom is 0.223 e. The maximum atomic E-state index is 12.4. The highest BCUT2D eigenvalue weighted by Crippen LogP contribution is 2.56. The average molecular weight is 251 g/mol. The minimum Gasteiger partial charge on any atom is -0.394 e. The molecular weight excluding hydrogens is 226 g/mol. The number of aliphatic hydroxyl groups is 1. The first-order valence-electron chi connectivity index (χ1n) is 7.62. The summed E-state index contributed by atoms with van der Waals surface area (Å²) in [5.41, 5.74) is 0. The number of nitrogens with one attached hydrogen (secondary N) is 1. The molecule has 0 saturated heterocycles. The fourth-order valence-corrected chi connectivity index (χ4v) is 4.93. The van der Waals surface area contributed by atoms with E-state index < -0.39 is 0 Å². The molecule has 1 unspecified atom stereocenters. The van der Waals surface area contributed by atoms with Gasteiger partial charge in [0.15, 0.2) is 0 Å². The van der Waals surface area contributed by atoms with Gasteiger partial charge in [-0.25, -0.2) is 0 Å². The summed E-state index contributed by atoms with van der Waals surface area (Å²) in [6.45, 7) is 2.08. The highest BCUT2D eigenvalue weighted by molar-refractivity contribution is 5.80. The fourth-order valence-electron chi connectivity index (χ4n) is 4.93. The lowest BCUT2D eigenvalue weighted by Gasteiger charge is -2.53. The molecule has 4 aliphatic rings.